The number of anilines is 1. The van der Waals surface area contributed by atoms with Gasteiger partial charge in [-0.15, -0.1) is 0 Å². The maximum atomic E-state index is 12.7. The number of nitrogens with one attached hydrogen (secondary N) is 2. The summed E-state index contributed by atoms with van der Waals surface area (Å²) in [5, 5.41) is 16.4. The van der Waals surface area contributed by atoms with Crippen molar-refractivity contribution in [2.24, 2.45) is 13.0 Å². The SMILES string of the molecule is C[C@H]1[C@@H](CSc2nccn2C)O[C@@H](c2ccc(-c3cccc(CNC(=O)Nc4ccc(Oc5ccccc5)cc4)c3)cc2)O[C@H]1c1ccc(CO)cc1. The summed E-state index contributed by atoms with van der Waals surface area (Å²) in [4.78, 5) is 17.2. The molecule has 10 heteroatoms. The van der Waals surface area contributed by atoms with Gasteiger partial charge in [0, 0.05) is 48.9 Å². The van der Waals surface area contributed by atoms with Crippen LogP contribution >= 0.6 is 11.8 Å². The van der Waals surface area contributed by atoms with Crippen LogP contribution < -0.4 is 15.4 Å². The Kier molecular flexibility index (Phi) is 11.5. The number of carbonyl (C=O) groups excluding carboxylic acids is 1. The standard InChI is InChI=1S/C43H42N4O5S/c1-29-39(28-53-43-44-23-24-47(43)2)51-41(52-40(29)33-13-11-30(27-48)12-14-33)34-17-15-32(16-18-34)35-8-6-7-31(25-35)26-45-42(49)46-36-19-21-38(22-20-36)50-37-9-4-3-5-10-37/h3-25,29,39-41,48H,26-28H2,1-2H3,(H2,45,46,49)/t29-,39+,40+,41+/m0/s1. The molecule has 9 nitrogen and oxygen atoms in total. The molecule has 270 valence electrons. The summed E-state index contributed by atoms with van der Waals surface area (Å²) in [5.74, 6) is 2.25. The van der Waals surface area contributed by atoms with Crippen molar-refractivity contribution in [2.75, 3.05) is 11.1 Å². The van der Waals surface area contributed by atoms with Gasteiger partial charge in [-0.1, -0.05) is 104 Å². The molecule has 1 fully saturated rings. The third kappa shape index (κ3) is 9.16. The van der Waals surface area contributed by atoms with E-state index >= 15 is 0 Å². The number of thioether (sulfide) groups is 1. The molecule has 0 saturated carbocycles. The number of nitrogens with zero attached hydrogens (tertiary/aromatic N) is 2. The average Bonchev–Trinajstić information content (AvgIpc) is 3.62. The lowest BCUT2D eigenvalue weighted by atomic mass is 9.91. The second-order valence-electron chi connectivity index (χ2n) is 13.0. The van der Waals surface area contributed by atoms with E-state index in [2.05, 4.69) is 58.9 Å². The van der Waals surface area contributed by atoms with E-state index in [4.69, 9.17) is 14.2 Å². The number of aliphatic hydroxyl groups excluding tert-OH is 1. The van der Waals surface area contributed by atoms with E-state index in [1.165, 1.54) is 0 Å². The summed E-state index contributed by atoms with van der Waals surface area (Å²) >= 11 is 1.68. The first-order chi connectivity index (χ1) is 25.9. The fraction of sp³-hybridized carbons (Fsp3) is 0.209. The lowest BCUT2D eigenvalue weighted by molar-refractivity contribution is -0.268. The lowest BCUT2D eigenvalue weighted by Crippen LogP contribution is -2.38. The summed E-state index contributed by atoms with van der Waals surface area (Å²) in [6.07, 6.45) is 2.91. The molecule has 1 aliphatic rings. The van der Waals surface area contributed by atoms with Gasteiger partial charge in [-0.25, -0.2) is 9.78 Å². The highest BCUT2D eigenvalue weighted by Crippen LogP contribution is 2.43. The lowest BCUT2D eigenvalue weighted by Gasteiger charge is -2.41. The molecule has 2 heterocycles. The number of ether oxygens (including phenoxy) is 3. The maximum absolute atomic E-state index is 12.7. The van der Waals surface area contributed by atoms with Crippen LogP contribution in [0.4, 0.5) is 10.5 Å². The molecule has 2 amide bonds. The van der Waals surface area contributed by atoms with Crippen molar-refractivity contribution in [1.82, 2.24) is 14.9 Å². The fourth-order valence-electron chi connectivity index (χ4n) is 6.24. The van der Waals surface area contributed by atoms with Crippen LogP contribution in [0.5, 0.6) is 11.5 Å². The summed E-state index contributed by atoms with van der Waals surface area (Å²) in [5.41, 5.74) is 6.57. The second kappa shape index (κ2) is 17.0. The Morgan fingerprint density at radius 1 is 0.830 bits per heavy atom. The largest absolute Gasteiger partial charge is 0.457 e. The molecule has 3 N–H and O–H groups in total. The molecule has 0 spiro atoms. The van der Waals surface area contributed by atoms with Crippen molar-refractivity contribution in [3.63, 3.8) is 0 Å². The maximum Gasteiger partial charge on any atom is 0.319 e. The first kappa shape index (κ1) is 36.0. The molecule has 4 atom stereocenters. The third-order valence-electron chi connectivity index (χ3n) is 9.26. The molecule has 53 heavy (non-hydrogen) atoms. The van der Waals surface area contributed by atoms with Crippen molar-refractivity contribution in [2.45, 2.75) is 43.7 Å². The number of aliphatic hydroxyl groups is 1. The van der Waals surface area contributed by atoms with Crippen LogP contribution in [0.25, 0.3) is 11.1 Å². The molecule has 0 aliphatic carbocycles. The van der Waals surface area contributed by atoms with Crippen LogP contribution in [0.15, 0.2) is 145 Å². The number of carbonyl (C=O) groups is 1. The van der Waals surface area contributed by atoms with Gasteiger partial charge in [0.25, 0.3) is 0 Å². The number of benzene rings is 5. The Morgan fingerprint density at radius 3 is 2.28 bits per heavy atom. The molecule has 5 aromatic carbocycles. The minimum absolute atomic E-state index is 0.00126. The monoisotopic (exact) mass is 726 g/mol. The smallest absolute Gasteiger partial charge is 0.319 e. The molecule has 1 aromatic heterocycles. The zero-order valence-corrected chi connectivity index (χ0v) is 30.4. The van der Waals surface area contributed by atoms with E-state index in [1.807, 2.05) is 109 Å². The molecule has 6 aromatic rings. The second-order valence-corrected chi connectivity index (χ2v) is 14.0. The number of imidazole rings is 1. The predicted molar refractivity (Wildman–Crippen MR) is 208 cm³/mol. The van der Waals surface area contributed by atoms with E-state index in [0.29, 0.717) is 18.0 Å². The minimum Gasteiger partial charge on any atom is -0.457 e. The Labute approximate surface area is 314 Å². The molecule has 1 aliphatic heterocycles. The summed E-state index contributed by atoms with van der Waals surface area (Å²) in [7, 11) is 1.99. The van der Waals surface area contributed by atoms with E-state index < -0.39 is 6.29 Å². The number of hydrogen-bond acceptors (Lipinski definition) is 7. The summed E-state index contributed by atoms with van der Waals surface area (Å²) in [6, 6.07) is 40.9. The fourth-order valence-corrected chi connectivity index (χ4v) is 7.34. The van der Waals surface area contributed by atoms with E-state index in [0.717, 1.165) is 50.0 Å². The number of amides is 2. The first-order valence-electron chi connectivity index (χ1n) is 17.6. The Bertz CT molecular complexity index is 2090. The Morgan fingerprint density at radius 2 is 1.57 bits per heavy atom. The first-order valence-corrected chi connectivity index (χ1v) is 18.6. The summed E-state index contributed by atoms with van der Waals surface area (Å²) < 4.78 is 21.1. The highest BCUT2D eigenvalue weighted by atomic mass is 32.2. The number of urea groups is 1. The quantitative estimate of drug-likeness (QED) is 0.108. The number of para-hydroxylation sites is 1. The Balaban J connectivity index is 0.985. The van der Waals surface area contributed by atoms with Crippen LogP contribution in [-0.2, 0) is 29.7 Å². The van der Waals surface area contributed by atoms with Crippen LogP contribution in [0.1, 0.15) is 41.6 Å². The molecule has 0 radical (unpaired) electrons. The van der Waals surface area contributed by atoms with Gasteiger partial charge >= 0.3 is 6.03 Å². The zero-order valence-electron chi connectivity index (χ0n) is 29.6. The van der Waals surface area contributed by atoms with Crippen molar-refractivity contribution in [3.8, 4) is 22.6 Å². The van der Waals surface area contributed by atoms with Crippen molar-refractivity contribution >= 4 is 23.5 Å². The molecule has 0 bridgehead atoms. The Hall–Kier alpha value is -5.39. The van der Waals surface area contributed by atoms with E-state index in [9.17, 15) is 9.90 Å². The number of rotatable bonds is 12. The number of aryl methyl sites for hydroxylation is 1. The van der Waals surface area contributed by atoms with Gasteiger partial charge < -0.3 is 34.5 Å². The van der Waals surface area contributed by atoms with Gasteiger partial charge in [-0.3, -0.25) is 0 Å². The normalized spacial score (nSPS) is 18.3. The average molecular weight is 727 g/mol. The zero-order chi connectivity index (χ0) is 36.6. The van der Waals surface area contributed by atoms with Gasteiger partial charge in [-0.05, 0) is 70.3 Å². The topological polar surface area (TPSA) is 107 Å². The predicted octanol–water partition coefficient (Wildman–Crippen LogP) is 9.28. The van der Waals surface area contributed by atoms with Crippen LogP contribution in [0.3, 0.4) is 0 Å². The van der Waals surface area contributed by atoms with E-state index in [1.54, 1.807) is 18.0 Å². The summed E-state index contributed by atoms with van der Waals surface area (Å²) in [6.45, 7) is 2.53. The van der Waals surface area contributed by atoms with Crippen molar-refractivity contribution < 1.29 is 24.1 Å². The molecule has 1 saturated heterocycles. The third-order valence-corrected chi connectivity index (χ3v) is 10.4. The van der Waals surface area contributed by atoms with Crippen LogP contribution in [-0.4, -0.2) is 32.5 Å². The molecular formula is C43H42N4O5S. The van der Waals surface area contributed by atoms with Crippen LogP contribution in [0, 0.1) is 5.92 Å². The van der Waals surface area contributed by atoms with E-state index in [-0.39, 0.29) is 30.8 Å². The van der Waals surface area contributed by atoms with Crippen molar-refractivity contribution in [3.05, 3.63) is 162 Å². The van der Waals surface area contributed by atoms with Gasteiger partial charge in [0.2, 0.25) is 0 Å². The molecule has 7 rings (SSSR count). The highest BCUT2D eigenvalue weighted by molar-refractivity contribution is 7.99. The number of hydrogen-bond donors (Lipinski definition) is 3. The number of aromatic nitrogens is 2. The minimum atomic E-state index is -0.559. The molecular weight excluding hydrogens is 685 g/mol. The molecule has 0 unspecified atom stereocenters. The van der Waals surface area contributed by atoms with Crippen LogP contribution in [0.2, 0.25) is 0 Å². The highest BCUT2D eigenvalue weighted by Gasteiger charge is 2.38. The van der Waals surface area contributed by atoms with Gasteiger partial charge in [0.05, 0.1) is 18.8 Å². The van der Waals surface area contributed by atoms with Gasteiger partial charge in [-0.2, -0.15) is 0 Å². The van der Waals surface area contributed by atoms with Gasteiger partial charge in [0.15, 0.2) is 11.4 Å². The van der Waals surface area contributed by atoms with Crippen molar-refractivity contribution in [1.29, 1.82) is 0 Å². The van der Waals surface area contributed by atoms with Gasteiger partial charge in [0.1, 0.15) is 11.5 Å².